The van der Waals surface area contributed by atoms with Gasteiger partial charge >= 0.3 is 0 Å². The van der Waals surface area contributed by atoms with Crippen LogP contribution in [-0.2, 0) is 11.2 Å². The highest BCUT2D eigenvalue weighted by Gasteiger charge is 2.08. The number of para-hydroxylation sites is 1. The number of unbranched alkanes of at least 4 members (excludes halogenated alkanes) is 1. The molecule has 1 aromatic heterocycles. The molecule has 3 aromatic rings. The van der Waals surface area contributed by atoms with Crippen LogP contribution < -0.4 is 10.1 Å². The van der Waals surface area contributed by atoms with Gasteiger partial charge in [-0.3, -0.25) is 4.79 Å². The third kappa shape index (κ3) is 4.66. The third-order valence-electron chi connectivity index (χ3n) is 3.96. The number of aromatic nitrogens is 4. The molecular weight excluding hydrogens is 330 g/mol. The zero-order valence-electron chi connectivity index (χ0n) is 14.6. The second-order valence-electron chi connectivity index (χ2n) is 5.83. The van der Waals surface area contributed by atoms with Gasteiger partial charge in [0.05, 0.1) is 12.8 Å². The van der Waals surface area contributed by atoms with Crippen molar-refractivity contribution in [3.05, 3.63) is 60.4 Å². The molecule has 0 saturated carbocycles. The van der Waals surface area contributed by atoms with Gasteiger partial charge in [0.15, 0.2) is 5.82 Å². The second kappa shape index (κ2) is 8.75. The Labute approximate surface area is 152 Å². The van der Waals surface area contributed by atoms with E-state index < -0.39 is 0 Å². The minimum Gasteiger partial charge on any atom is -0.497 e. The molecule has 0 aliphatic rings. The fourth-order valence-corrected chi connectivity index (χ4v) is 2.60. The fourth-order valence-electron chi connectivity index (χ4n) is 2.60. The molecular formula is C19H21N5O2. The van der Waals surface area contributed by atoms with E-state index in [0.717, 1.165) is 42.2 Å². The Morgan fingerprint density at radius 3 is 2.58 bits per heavy atom. The van der Waals surface area contributed by atoms with Gasteiger partial charge in [0.25, 0.3) is 0 Å². The van der Waals surface area contributed by atoms with Gasteiger partial charge in [0.2, 0.25) is 5.91 Å². The zero-order chi connectivity index (χ0) is 18.2. The number of anilines is 1. The molecule has 1 amide bonds. The van der Waals surface area contributed by atoms with Crippen molar-refractivity contribution in [3.63, 3.8) is 0 Å². The fraction of sp³-hybridized carbons (Fsp3) is 0.263. The lowest BCUT2D eigenvalue weighted by atomic mass is 10.1. The van der Waals surface area contributed by atoms with Crippen LogP contribution in [0.1, 0.15) is 25.1 Å². The van der Waals surface area contributed by atoms with Crippen molar-refractivity contribution in [2.24, 2.45) is 0 Å². The van der Waals surface area contributed by atoms with E-state index in [4.69, 9.17) is 4.74 Å². The number of hydrogen-bond acceptors (Lipinski definition) is 5. The van der Waals surface area contributed by atoms with Crippen LogP contribution in [0.2, 0.25) is 0 Å². The summed E-state index contributed by atoms with van der Waals surface area (Å²) in [6.45, 7) is 0. The van der Waals surface area contributed by atoms with Gasteiger partial charge in [0, 0.05) is 18.5 Å². The summed E-state index contributed by atoms with van der Waals surface area (Å²) in [6, 6.07) is 17.1. The van der Waals surface area contributed by atoms with Crippen LogP contribution in [0.3, 0.4) is 0 Å². The second-order valence-corrected chi connectivity index (χ2v) is 5.83. The van der Waals surface area contributed by atoms with Crippen LogP contribution in [0, 0.1) is 0 Å². The number of aryl methyl sites for hydroxylation is 1. The van der Waals surface area contributed by atoms with Crippen LogP contribution in [0.5, 0.6) is 5.75 Å². The number of amides is 1. The first-order chi connectivity index (χ1) is 12.8. The first kappa shape index (κ1) is 17.6. The van der Waals surface area contributed by atoms with E-state index in [-0.39, 0.29) is 5.91 Å². The van der Waals surface area contributed by atoms with Gasteiger partial charge in [-0.15, -0.1) is 5.10 Å². The first-order valence-corrected chi connectivity index (χ1v) is 8.53. The molecule has 0 aliphatic carbocycles. The van der Waals surface area contributed by atoms with E-state index in [0.29, 0.717) is 6.42 Å². The monoisotopic (exact) mass is 351 g/mol. The number of tetrazole rings is 1. The summed E-state index contributed by atoms with van der Waals surface area (Å²) < 4.78 is 6.83. The maximum absolute atomic E-state index is 12.0. The number of nitrogens with zero attached hydrogens (tertiary/aromatic N) is 4. The number of carbonyl (C=O) groups excluding carboxylic acids is 1. The minimum atomic E-state index is -0.00202. The predicted octanol–water partition coefficient (Wildman–Crippen LogP) is 3.02. The predicted molar refractivity (Wildman–Crippen MR) is 98.3 cm³/mol. The van der Waals surface area contributed by atoms with Crippen molar-refractivity contribution in [1.29, 1.82) is 0 Å². The molecule has 0 radical (unpaired) electrons. The van der Waals surface area contributed by atoms with E-state index in [9.17, 15) is 4.79 Å². The Hall–Kier alpha value is -3.22. The van der Waals surface area contributed by atoms with E-state index >= 15 is 0 Å². The highest BCUT2D eigenvalue weighted by molar-refractivity contribution is 5.90. The van der Waals surface area contributed by atoms with Crippen LogP contribution in [0.15, 0.2) is 54.6 Å². The number of rotatable bonds is 8. The quantitative estimate of drug-likeness (QED) is 0.631. The number of benzene rings is 2. The number of hydrogen-bond donors (Lipinski definition) is 1. The van der Waals surface area contributed by atoms with Crippen LogP contribution in [0.25, 0.3) is 5.69 Å². The van der Waals surface area contributed by atoms with Gasteiger partial charge in [-0.25, -0.2) is 0 Å². The van der Waals surface area contributed by atoms with E-state index in [1.807, 2.05) is 54.6 Å². The van der Waals surface area contributed by atoms with Crippen molar-refractivity contribution in [2.75, 3.05) is 12.4 Å². The summed E-state index contributed by atoms with van der Waals surface area (Å²) >= 11 is 0. The highest BCUT2D eigenvalue weighted by Crippen LogP contribution is 2.15. The molecule has 0 bridgehead atoms. The number of ether oxygens (including phenoxy) is 1. The molecule has 3 rings (SSSR count). The normalized spacial score (nSPS) is 10.5. The maximum Gasteiger partial charge on any atom is 0.224 e. The van der Waals surface area contributed by atoms with Crippen molar-refractivity contribution in [3.8, 4) is 11.4 Å². The van der Waals surface area contributed by atoms with Gasteiger partial charge in [-0.2, -0.15) is 4.68 Å². The molecule has 7 heteroatoms. The number of methoxy groups -OCH3 is 1. The smallest absolute Gasteiger partial charge is 0.224 e. The summed E-state index contributed by atoms with van der Waals surface area (Å²) in [6.07, 6.45) is 2.78. The topological polar surface area (TPSA) is 81.9 Å². The van der Waals surface area contributed by atoms with E-state index in [1.54, 1.807) is 11.8 Å². The molecule has 134 valence electrons. The zero-order valence-corrected chi connectivity index (χ0v) is 14.6. The molecule has 1 N–H and O–H groups in total. The summed E-state index contributed by atoms with van der Waals surface area (Å²) in [5.41, 5.74) is 1.70. The molecule has 7 nitrogen and oxygen atoms in total. The molecule has 2 aromatic carbocycles. The molecule has 0 unspecified atom stereocenters. The molecule has 0 fully saturated rings. The SMILES string of the molecule is COc1ccc(NC(=O)CCCCc2nnnn2-c2ccccc2)cc1. The van der Waals surface area contributed by atoms with Crippen molar-refractivity contribution in [1.82, 2.24) is 20.2 Å². The van der Waals surface area contributed by atoms with Gasteiger partial charge in [-0.05, 0) is 59.7 Å². The first-order valence-electron chi connectivity index (χ1n) is 8.53. The Morgan fingerprint density at radius 2 is 1.85 bits per heavy atom. The average Bonchev–Trinajstić information content (AvgIpc) is 3.15. The van der Waals surface area contributed by atoms with Crippen molar-refractivity contribution in [2.45, 2.75) is 25.7 Å². The standard InChI is InChI=1S/C19H21N5O2/c1-26-17-13-11-15(12-14-17)20-19(25)10-6-5-9-18-21-22-23-24(18)16-7-3-2-4-8-16/h2-4,7-8,11-14H,5-6,9-10H2,1H3,(H,20,25). The Morgan fingerprint density at radius 1 is 1.08 bits per heavy atom. The van der Waals surface area contributed by atoms with Gasteiger partial charge < -0.3 is 10.1 Å². The van der Waals surface area contributed by atoms with Crippen LogP contribution in [-0.4, -0.2) is 33.2 Å². The molecule has 0 spiro atoms. The Balaban J connectivity index is 1.44. The lowest BCUT2D eigenvalue weighted by molar-refractivity contribution is -0.116. The van der Waals surface area contributed by atoms with E-state index in [2.05, 4.69) is 20.8 Å². The number of carbonyl (C=O) groups is 1. The average molecular weight is 351 g/mol. The molecule has 0 atom stereocenters. The minimum absolute atomic E-state index is 0.00202. The van der Waals surface area contributed by atoms with Crippen LogP contribution in [0.4, 0.5) is 5.69 Å². The lowest BCUT2D eigenvalue weighted by Crippen LogP contribution is -2.11. The highest BCUT2D eigenvalue weighted by atomic mass is 16.5. The summed E-state index contributed by atoms with van der Waals surface area (Å²) in [5, 5.41) is 14.8. The maximum atomic E-state index is 12.0. The van der Waals surface area contributed by atoms with Gasteiger partial charge in [-0.1, -0.05) is 18.2 Å². The molecule has 0 aliphatic heterocycles. The summed E-state index contributed by atoms with van der Waals surface area (Å²) in [7, 11) is 1.61. The van der Waals surface area contributed by atoms with Gasteiger partial charge in [0.1, 0.15) is 5.75 Å². The number of nitrogens with one attached hydrogen (secondary N) is 1. The third-order valence-corrected chi connectivity index (χ3v) is 3.96. The van der Waals surface area contributed by atoms with Crippen LogP contribution >= 0.6 is 0 Å². The Bertz CT molecular complexity index is 831. The summed E-state index contributed by atoms with van der Waals surface area (Å²) in [4.78, 5) is 12.0. The molecule has 1 heterocycles. The summed E-state index contributed by atoms with van der Waals surface area (Å²) in [5.74, 6) is 1.56. The van der Waals surface area contributed by atoms with Crippen molar-refractivity contribution >= 4 is 11.6 Å². The molecule has 26 heavy (non-hydrogen) atoms. The molecule has 0 saturated heterocycles. The lowest BCUT2D eigenvalue weighted by Gasteiger charge is -2.07. The van der Waals surface area contributed by atoms with E-state index in [1.165, 1.54) is 0 Å². The largest absolute Gasteiger partial charge is 0.497 e. The Kier molecular flexibility index (Phi) is 5.92. The van der Waals surface area contributed by atoms with Crippen molar-refractivity contribution < 1.29 is 9.53 Å².